The van der Waals surface area contributed by atoms with Crippen LogP contribution in [-0.2, 0) is 0 Å². The first-order valence-electron chi connectivity index (χ1n) is 8.26. The lowest BCUT2D eigenvalue weighted by atomic mass is 10.1. The topological polar surface area (TPSA) is 54.9 Å². The Bertz CT molecular complexity index is 964. The number of amides is 1. The molecule has 0 saturated carbocycles. The molecule has 1 unspecified atom stereocenters. The molecule has 0 aliphatic rings. The fourth-order valence-corrected chi connectivity index (χ4v) is 3.62. The summed E-state index contributed by atoms with van der Waals surface area (Å²) in [4.78, 5) is 13.8. The largest absolute Gasteiger partial charge is 0.345 e. The van der Waals surface area contributed by atoms with Crippen molar-refractivity contribution in [2.75, 3.05) is 0 Å². The smallest absolute Gasteiger partial charge is 0.254 e. The highest BCUT2D eigenvalue weighted by atomic mass is 35.5. The molecule has 0 radical (unpaired) electrons. The molecule has 0 fully saturated rings. The van der Waals surface area contributed by atoms with Crippen molar-refractivity contribution >= 4 is 40.9 Å². The van der Waals surface area contributed by atoms with Gasteiger partial charge in [-0.1, -0.05) is 64.8 Å². The van der Waals surface area contributed by atoms with Gasteiger partial charge in [0, 0.05) is 9.92 Å². The number of halogens is 2. The lowest BCUT2D eigenvalue weighted by Gasteiger charge is -2.16. The van der Waals surface area contributed by atoms with Crippen molar-refractivity contribution in [2.45, 2.75) is 29.8 Å². The Morgan fingerprint density at radius 1 is 1.07 bits per heavy atom. The van der Waals surface area contributed by atoms with Gasteiger partial charge in [0.05, 0.1) is 11.6 Å². The van der Waals surface area contributed by atoms with Crippen LogP contribution in [0, 0.1) is 6.92 Å². The van der Waals surface area contributed by atoms with Gasteiger partial charge in [-0.05, 0) is 49.7 Å². The van der Waals surface area contributed by atoms with Crippen molar-refractivity contribution in [3.05, 3.63) is 81.5 Å². The Labute approximate surface area is 172 Å². The third kappa shape index (κ3) is 5.22. The Hall–Kier alpha value is -2.08. The van der Waals surface area contributed by atoms with Gasteiger partial charge in [0.15, 0.2) is 5.15 Å². The van der Waals surface area contributed by atoms with Gasteiger partial charge in [0.2, 0.25) is 0 Å². The predicted molar refractivity (Wildman–Crippen MR) is 110 cm³/mol. The fourth-order valence-electron chi connectivity index (χ4n) is 2.51. The minimum atomic E-state index is -0.253. The average molecular weight is 418 g/mol. The number of hydrogen-bond acceptors (Lipinski definition) is 4. The van der Waals surface area contributed by atoms with Crippen molar-refractivity contribution < 1.29 is 4.79 Å². The van der Waals surface area contributed by atoms with Gasteiger partial charge in [-0.25, -0.2) is 0 Å². The van der Waals surface area contributed by atoms with Crippen LogP contribution >= 0.6 is 35.0 Å². The summed E-state index contributed by atoms with van der Waals surface area (Å²) in [6, 6.07) is 16.7. The van der Waals surface area contributed by atoms with Crippen LogP contribution in [-0.4, -0.2) is 16.1 Å². The van der Waals surface area contributed by atoms with Crippen LogP contribution in [0.25, 0.3) is 0 Å². The van der Waals surface area contributed by atoms with E-state index in [-0.39, 0.29) is 17.1 Å². The molecule has 3 aromatic rings. The van der Waals surface area contributed by atoms with Gasteiger partial charge in [0.25, 0.3) is 5.91 Å². The van der Waals surface area contributed by atoms with Crippen LogP contribution in [0.4, 0.5) is 0 Å². The van der Waals surface area contributed by atoms with Gasteiger partial charge in [0.1, 0.15) is 5.03 Å². The molecule has 3 rings (SSSR count). The number of carbonyl (C=O) groups is 1. The Kier molecular flexibility index (Phi) is 6.37. The van der Waals surface area contributed by atoms with Crippen LogP contribution in [0.15, 0.2) is 64.5 Å². The molecule has 0 saturated heterocycles. The van der Waals surface area contributed by atoms with Gasteiger partial charge < -0.3 is 5.32 Å². The second-order valence-corrected chi connectivity index (χ2v) is 7.94. The van der Waals surface area contributed by atoms with Gasteiger partial charge in [-0.15, -0.1) is 10.2 Å². The zero-order valence-electron chi connectivity index (χ0n) is 14.7. The molecule has 1 heterocycles. The first-order valence-corrected chi connectivity index (χ1v) is 9.83. The number of rotatable bonds is 5. The third-order valence-electron chi connectivity index (χ3n) is 3.89. The van der Waals surface area contributed by atoms with Crippen LogP contribution in [0.1, 0.15) is 34.5 Å². The summed E-state index contributed by atoms with van der Waals surface area (Å²) < 4.78 is 0. The zero-order chi connectivity index (χ0) is 19.4. The molecule has 0 spiro atoms. The molecule has 0 aliphatic heterocycles. The highest BCUT2D eigenvalue weighted by Crippen LogP contribution is 2.30. The summed E-state index contributed by atoms with van der Waals surface area (Å²) in [5.74, 6) is -0.253. The van der Waals surface area contributed by atoms with Crippen LogP contribution in [0.3, 0.4) is 0 Å². The molecule has 2 aromatic carbocycles. The second kappa shape index (κ2) is 8.74. The van der Waals surface area contributed by atoms with Crippen molar-refractivity contribution in [1.29, 1.82) is 0 Å². The summed E-state index contributed by atoms with van der Waals surface area (Å²) in [5.41, 5.74) is 2.55. The van der Waals surface area contributed by atoms with E-state index in [1.54, 1.807) is 12.1 Å². The minimum absolute atomic E-state index is 0.155. The van der Waals surface area contributed by atoms with Gasteiger partial charge in [-0.2, -0.15) is 0 Å². The number of carbonyl (C=O) groups excluding carboxylic acids is 1. The van der Waals surface area contributed by atoms with Crippen LogP contribution < -0.4 is 5.32 Å². The van der Waals surface area contributed by atoms with Gasteiger partial charge in [-0.3, -0.25) is 4.79 Å². The summed E-state index contributed by atoms with van der Waals surface area (Å²) in [6.45, 7) is 3.96. The van der Waals surface area contributed by atoms with E-state index in [2.05, 4.69) is 15.5 Å². The maximum atomic E-state index is 12.9. The molecule has 0 aliphatic carbocycles. The van der Waals surface area contributed by atoms with E-state index < -0.39 is 0 Å². The number of hydrogen-bond donors (Lipinski definition) is 1. The van der Waals surface area contributed by atoms with E-state index in [4.69, 9.17) is 23.2 Å². The first kappa shape index (κ1) is 19.7. The molecular weight excluding hydrogens is 401 g/mol. The van der Waals surface area contributed by atoms with Crippen LogP contribution in [0.5, 0.6) is 0 Å². The SMILES string of the molecule is Cc1cccc(C(C)NC(=O)c2cc(Cl)nnc2Sc2ccc(Cl)cc2)c1. The number of nitrogens with one attached hydrogen (secondary N) is 1. The first-order chi connectivity index (χ1) is 12.9. The lowest BCUT2D eigenvalue weighted by Crippen LogP contribution is -2.27. The molecule has 1 N–H and O–H groups in total. The number of benzene rings is 2. The number of nitrogens with zero attached hydrogens (tertiary/aromatic N) is 2. The summed E-state index contributed by atoms with van der Waals surface area (Å²) in [5, 5.41) is 12.3. The number of aromatic nitrogens is 2. The summed E-state index contributed by atoms with van der Waals surface area (Å²) in [7, 11) is 0. The average Bonchev–Trinajstić information content (AvgIpc) is 2.65. The lowest BCUT2D eigenvalue weighted by molar-refractivity contribution is 0.0936. The maximum absolute atomic E-state index is 12.9. The van der Waals surface area contributed by atoms with Crippen molar-refractivity contribution in [3.8, 4) is 0 Å². The summed E-state index contributed by atoms with van der Waals surface area (Å²) in [6.07, 6.45) is 0. The van der Waals surface area contributed by atoms with E-state index in [0.717, 1.165) is 16.0 Å². The van der Waals surface area contributed by atoms with Crippen molar-refractivity contribution in [1.82, 2.24) is 15.5 Å². The Morgan fingerprint density at radius 3 is 2.52 bits per heavy atom. The van der Waals surface area contributed by atoms with E-state index >= 15 is 0 Å². The molecule has 0 bridgehead atoms. The number of aryl methyl sites for hydroxylation is 1. The van der Waals surface area contributed by atoms with Crippen LogP contribution in [0.2, 0.25) is 10.2 Å². The van der Waals surface area contributed by atoms with Crippen molar-refractivity contribution in [2.24, 2.45) is 0 Å². The Balaban J connectivity index is 1.83. The van der Waals surface area contributed by atoms with Crippen molar-refractivity contribution in [3.63, 3.8) is 0 Å². The minimum Gasteiger partial charge on any atom is -0.345 e. The fraction of sp³-hybridized carbons (Fsp3) is 0.150. The quantitative estimate of drug-likeness (QED) is 0.575. The molecule has 7 heteroatoms. The highest BCUT2D eigenvalue weighted by molar-refractivity contribution is 7.99. The van der Waals surface area contributed by atoms with Gasteiger partial charge >= 0.3 is 0 Å². The predicted octanol–water partition coefficient (Wildman–Crippen LogP) is 5.73. The zero-order valence-corrected chi connectivity index (χ0v) is 17.1. The summed E-state index contributed by atoms with van der Waals surface area (Å²) >= 11 is 13.2. The van der Waals surface area contributed by atoms with E-state index in [9.17, 15) is 4.79 Å². The third-order valence-corrected chi connectivity index (χ3v) is 5.33. The molecule has 27 heavy (non-hydrogen) atoms. The van der Waals surface area contributed by atoms with E-state index in [1.807, 2.05) is 50.2 Å². The molecular formula is C20H17Cl2N3OS. The van der Waals surface area contributed by atoms with E-state index in [0.29, 0.717) is 15.6 Å². The maximum Gasteiger partial charge on any atom is 0.254 e. The highest BCUT2D eigenvalue weighted by Gasteiger charge is 2.18. The molecule has 1 aromatic heterocycles. The molecule has 1 amide bonds. The second-order valence-electron chi connectivity index (χ2n) is 6.05. The monoisotopic (exact) mass is 417 g/mol. The van der Waals surface area contributed by atoms with E-state index in [1.165, 1.54) is 17.8 Å². The normalized spacial score (nSPS) is 11.9. The molecule has 1 atom stereocenters. The molecule has 138 valence electrons. The molecule has 4 nitrogen and oxygen atoms in total. The Morgan fingerprint density at radius 2 is 1.81 bits per heavy atom. The standard InChI is InChI=1S/C20H17Cl2N3OS/c1-12-4-3-5-14(10-12)13(2)23-19(26)17-11-18(22)24-25-20(17)27-16-8-6-15(21)7-9-16/h3-11,13H,1-2H3,(H,23,26).